The average molecular weight is 551 g/mol. The van der Waals surface area contributed by atoms with E-state index in [2.05, 4.69) is 16.0 Å². The summed E-state index contributed by atoms with van der Waals surface area (Å²) in [6.45, 7) is 6.32. The predicted molar refractivity (Wildman–Crippen MR) is 154 cm³/mol. The van der Waals surface area contributed by atoms with E-state index in [4.69, 9.17) is 9.47 Å². The van der Waals surface area contributed by atoms with Crippen molar-refractivity contribution in [2.24, 2.45) is 5.92 Å². The normalized spacial score (nSPS) is 22.1. The third kappa shape index (κ3) is 7.25. The Kier molecular flexibility index (Phi) is 9.22. The molecule has 4 rings (SSSR count). The highest BCUT2D eigenvalue weighted by Crippen LogP contribution is 2.50. The van der Waals surface area contributed by atoms with Crippen molar-refractivity contribution in [1.82, 2.24) is 15.5 Å². The lowest BCUT2D eigenvalue weighted by molar-refractivity contribution is -0.122. The van der Waals surface area contributed by atoms with E-state index >= 15 is 0 Å². The highest BCUT2D eigenvalue weighted by Gasteiger charge is 2.55. The number of alkyl carbamates (subject to hydrolysis) is 1. The minimum Gasteiger partial charge on any atom is -0.497 e. The number of urea groups is 1. The van der Waals surface area contributed by atoms with Crippen molar-refractivity contribution < 1.29 is 23.9 Å². The standard InChI is InChI=1S/C31H42N4O5/c1-30(2,3)40-29(38)33-21-23-9-8-17-31(23)18-16-25(35(31)28(37)34-24-10-6-5-7-11-24)19-27(36)32-20-22-12-14-26(39-4)15-13-22/h5-7,10-15,23,25H,8-9,16-21H2,1-4H3,(H,32,36)(H,33,38)(H,34,37)/t23-,25+,31?/m1/s1. The van der Waals surface area contributed by atoms with Gasteiger partial charge in [0.05, 0.1) is 7.11 Å². The van der Waals surface area contributed by atoms with Gasteiger partial charge in [0, 0.05) is 36.8 Å². The summed E-state index contributed by atoms with van der Waals surface area (Å²) in [6, 6.07) is 16.5. The molecule has 1 unspecified atom stereocenters. The summed E-state index contributed by atoms with van der Waals surface area (Å²) in [5.41, 5.74) is 0.657. The van der Waals surface area contributed by atoms with Crippen molar-refractivity contribution in [3.8, 4) is 5.75 Å². The second-order valence-corrected chi connectivity index (χ2v) is 11.8. The maximum Gasteiger partial charge on any atom is 0.407 e. The van der Waals surface area contributed by atoms with Gasteiger partial charge in [0.1, 0.15) is 11.4 Å². The van der Waals surface area contributed by atoms with Gasteiger partial charge in [-0.2, -0.15) is 0 Å². The Bertz CT molecular complexity index is 1160. The molecule has 3 atom stereocenters. The molecule has 1 saturated heterocycles. The third-order valence-electron chi connectivity index (χ3n) is 7.88. The van der Waals surface area contributed by atoms with Crippen LogP contribution in [0.4, 0.5) is 15.3 Å². The monoisotopic (exact) mass is 550 g/mol. The van der Waals surface area contributed by atoms with Crippen LogP contribution in [0, 0.1) is 5.92 Å². The van der Waals surface area contributed by atoms with Crippen molar-refractivity contribution in [2.75, 3.05) is 19.0 Å². The summed E-state index contributed by atoms with van der Waals surface area (Å²) in [4.78, 5) is 41.3. The van der Waals surface area contributed by atoms with Crippen LogP contribution in [0.25, 0.3) is 0 Å². The van der Waals surface area contributed by atoms with Gasteiger partial charge in [-0.15, -0.1) is 0 Å². The molecule has 3 N–H and O–H groups in total. The SMILES string of the molecule is COc1ccc(CNC(=O)C[C@@H]2CCC3(CCC[C@@H]3CNC(=O)OC(C)(C)C)N2C(=O)Nc2ccccc2)cc1. The number of benzene rings is 2. The highest BCUT2D eigenvalue weighted by molar-refractivity contribution is 5.91. The number of carbonyl (C=O) groups is 3. The zero-order valence-corrected chi connectivity index (χ0v) is 24.0. The van der Waals surface area contributed by atoms with Crippen LogP contribution in [0.5, 0.6) is 5.75 Å². The number of likely N-dealkylation sites (tertiary alicyclic amines) is 1. The summed E-state index contributed by atoms with van der Waals surface area (Å²) in [5, 5.41) is 9.00. The molecule has 1 aliphatic carbocycles. The molecule has 0 radical (unpaired) electrons. The van der Waals surface area contributed by atoms with E-state index in [0.29, 0.717) is 18.8 Å². The summed E-state index contributed by atoms with van der Waals surface area (Å²) in [6.07, 6.45) is 3.94. The lowest BCUT2D eigenvalue weighted by Crippen LogP contribution is -2.57. The van der Waals surface area contributed by atoms with Gasteiger partial charge in [-0.3, -0.25) is 4.79 Å². The van der Waals surface area contributed by atoms with Gasteiger partial charge in [-0.25, -0.2) is 9.59 Å². The number of carbonyl (C=O) groups excluding carboxylic acids is 3. The van der Waals surface area contributed by atoms with E-state index in [1.54, 1.807) is 7.11 Å². The predicted octanol–water partition coefficient (Wildman–Crippen LogP) is 5.46. The third-order valence-corrected chi connectivity index (χ3v) is 7.88. The number of ether oxygens (including phenoxy) is 2. The van der Waals surface area contributed by atoms with Crippen LogP contribution < -0.4 is 20.7 Å². The number of nitrogens with one attached hydrogen (secondary N) is 3. The van der Waals surface area contributed by atoms with E-state index in [1.165, 1.54) is 0 Å². The topological polar surface area (TPSA) is 109 Å². The van der Waals surface area contributed by atoms with E-state index in [9.17, 15) is 14.4 Å². The Hall–Kier alpha value is -3.75. The Balaban J connectivity index is 1.47. The molecule has 1 heterocycles. The fourth-order valence-corrected chi connectivity index (χ4v) is 6.11. The molecule has 9 heteroatoms. The Labute approximate surface area is 237 Å². The van der Waals surface area contributed by atoms with Crippen LogP contribution in [0.2, 0.25) is 0 Å². The zero-order chi connectivity index (χ0) is 28.8. The molecule has 9 nitrogen and oxygen atoms in total. The van der Waals surface area contributed by atoms with Crippen molar-refractivity contribution in [3.05, 3.63) is 60.2 Å². The number of para-hydroxylation sites is 1. The lowest BCUT2D eigenvalue weighted by atomic mass is 9.84. The van der Waals surface area contributed by atoms with E-state index in [-0.39, 0.29) is 30.3 Å². The molecule has 1 saturated carbocycles. The number of rotatable bonds is 8. The molecule has 2 aliphatic rings. The number of hydrogen-bond acceptors (Lipinski definition) is 5. The molecule has 2 aromatic rings. The largest absolute Gasteiger partial charge is 0.497 e. The van der Waals surface area contributed by atoms with Crippen molar-refractivity contribution >= 4 is 23.7 Å². The van der Waals surface area contributed by atoms with Crippen LogP contribution in [0.3, 0.4) is 0 Å². The summed E-state index contributed by atoms with van der Waals surface area (Å²) >= 11 is 0. The molecule has 40 heavy (non-hydrogen) atoms. The first kappa shape index (κ1) is 29.2. The van der Waals surface area contributed by atoms with Crippen molar-refractivity contribution in [2.45, 2.75) is 83.0 Å². The van der Waals surface area contributed by atoms with Gasteiger partial charge in [0.15, 0.2) is 0 Å². The van der Waals surface area contributed by atoms with Crippen molar-refractivity contribution in [3.63, 3.8) is 0 Å². The molecular formula is C31H42N4O5. The smallest absolute Gasteiger partial charge is 0.407 e. The van der Waals surface area contributed by atoms with Crippen LogP contribution in [0.15, 0.2) is 54.6 Å². The van der Waals surface area contributed by atoms with Gasteiger partial charge in [0.25, 0.3) is 0 Å². The molecular weight excluding hydrogens is 508 g/mol. The van der Waals surface area contributed by atoms with Crippen molar-refractivity contribution in [1.29, 1.82) is 0 Å². The molecule has 2 aromatic carbocycles. The molecule has 1 spiro atoms. The number of anilines is 1. The quantitative estimate of drug-likeness (QED) is 0.404. The van der Waals surface area contributed by atoms with Gasteiger partial charge in [-0.1, -0.05) is 36.8 Å². The minimum absolute atomic E-state index is 0.0638. The van der Waals surface area contributed by atoms with Gasteiger partial charge in [0.2, 0.25) is 5.91 Å². The number of nitrogens with zero attached hydrogens (tertiary/aromatic N) is 1. The van der Waals surface area contributed by atoms with Crippen LogP contribution in [-0.2, 0) is 16.1 Å². The molecule has 2 fully saturated rings. The van der Waals surface area contributed by atoms with E-state index in [0.717, 1.165) is 43.4 Å². The molecule has 1 aliphatic heterocycles. The first-order valence-electron chi connectivity index (χ1n) is 14.1. The lowest BCUT2D eigenvalue weighted by Gasteiger charge is -2.43. The van der Waals surface area contributed by atoms with Gasteiger partial charge < -0.3 is 30.3 Å². The second-order valence-electron chi connectivity index (χ2n) is 11.8. The number of methoxy groups -OCH3 is 1. The Morgan fingerprint density at radius 3 is 2.38 bits per heavy atom. The summed E-state index contributed by atoms with van der Waals surface area (Å²) in [5.74, 6) is 0.726. The molecule has 0 aromatic heterocycles. The maximum absolute atomic E-state index is 13.8. The zero-order valence-electron chi connectivity index (χ0n) is 24.0. The first-order valence-corrected chi connectivity index (χ1v) is 14.1. The van der Waals surface area contributed by atoms with Crippen LogP contribution in [0.1, 0.15) is 64.9 Å². The minimum atomic E-state index is -0.587. The molecule has 216 valence electrons. The van der Waals surface area contributed by atoms with Crippen LogP contribution >= 0.6 is 0 Å². The average Bonchev–Trinajstić information content (AvgIpc) is 3.49. The fraction of sp³-hybridized carbons (Fsp3) is 0.516. The van der Waals surface area contributed by atoms with Crippen LogP contribution in [-0.4, -0.2) is 53.8 Å². The van der Waals surface area contributed by atoms with E-state index < -0.39 is 17.2 Å². The number of hydrogen-bond donors (Lipinski definition) is 3. The molecule has 4 amide bonds. The first-order chi connectivity index (χ1) is 19.1. The fourth-order valence-electron chi connectivity index (χ4n) is 6.11. The maximum atomic E-state index is 13.8. The second kappa shape index (κ2) is 12.6. The highest BCUT2D eigenvalue weighted by atomic mass is 16.6. The summed E-state index contributed by atoms with van der Waals surface area (Å²) in [7, 11) is 1.62. The van der Waals surface area contributed by atoms with Gasteiger partial charge in [-0.05, 0) is 82.2 Å². The summed E-state index contributed by atoms with van der Waals surface area (Å²) < 4.78 is 10.7. The Morgan fingerprint density at radius 2 is 1.70 bits per heavy atom. The Morgan fingerprint density at radius 1 is 0.975 bits per heavy atom. The van der Waals surface area contributed by atoms with Gasteiger partial charge >= 0.3 is 12.1 Å². The van der Waals surface area contributed by atoms with E-state index in [1.807, 2.05) is 80.3 Å². The number of amides is 4. The molecule has 0 bridgehead atoms.